The number of thiazole rings is 1. The first-order chi connectivity index (χ1) is 8.33. The van der Waals surface area contributed by atoms with Crippen LogP contribution in [0.15, 0.2) is 17.8 Å². The Morgan fingerprint density at radius 2 is 2.53 bits per heavy atom. The van der Waals surface area contributed by atoms with E-state index in [1.54, 1.807) is 16.0 Å². The van der Waals surface area contributed by atoms with Crippen molar-refractivity contribution in [1.29, 1.82) is 0 Å². The van der Waals surface area contributed by atoms with E-state index in [9.17, 15) is 0 Å². The zero-order valence-electron chi connectivity index (χ0n) is 9.59. The lowest BCUT2D eigenvalue weighted by molar-refractivity contribution is 0.0276. The van der Waals surface area contributed by atoms with Crippen molar-refractivity contribution >= 4 is 11.3 Å². The normalized spacial score (nSPS) is 20.6. The third-order valence-corrected chi connectivity index (χ3v) is 3.66. The number of hydrogen-bond donors (Lipinski definition) is 1. The summed E-state index contributed by atoms with van der Waals surface area (Å²) in [4.78, 5) is 4.62. The van der Waals surface area contributed by atoms with Crippen molar-refractivity contribution in [3.8, 4) is 11.3 Å². The molecule has 1 fully saturated rings. The predicted molar refractivity (Wildman–Crippen MR) is 65.9 cm³/mol. The molecular weight excluding hydrogens is 236 g/mol. The number of nitrogens with one attached hydrogen (secondary N) is 1. The summed E-state index contributed by atoms with van der Waals surface area (Å²) in [5, 5.41) is 10.6. The molecule has 1 atom stereocenters. The molecule has 2 aromatic rings. The fraction of sp³-hybridized carbons (Fsp3) is 0.455. The summed E-state index contributed by atoms with van der Waals surface area (Å²) in [5.41, 5.74) is 2.03. The highest BCUT2D eigenvalue weighted by molar-refractivity contribution is 7.10. The maximum Gasteiger partial charge on any atom is 0.124 e. The highest BCUT2D eigenvalue weighted by Gasteiger charge is 2.19. The van der Waals surface area contributed by atoms with Gasteiger partial charge in [0.1, 0.15) is 11.1 Å². The van der Waals surface area contributed by atoms with E-state index in [0.717, 1.165) is 36.0 Å². The van der Waals surface area contributed by atoms with Gasteiger partial charge in [-0.25, -0.2) is 4.98 Å². The Morgan fingerprint density at radius 3 is 3.24 bits per heavy atom. The summed E-state index contributed by atoms with van der Waals surface area (Å²) < 4.78 is 7.47. The largest absolute Gasteiger partial charge is 0.368 e. The number of hydrogen-bond acceptors (Lipinski definition) is 5. The second-order valence-corrected chi connectivity index (χ2v) is 4.93. The van der Waals surface area contributed by atoms with Crippen LogP contribution >= 0.6 is 11.3 Å². The van der Waals surface area contributed by atoms with E-state index in [2.05, 4.69) is 20.8 Å². The van der Waals surface area contributed by atoms with Gasteiger partial charge in [-0.2, -0.15) is 5.10 Å². The minimum atomic E-state index is 0.0965. The van der Waals surface area contributed by atoms with E-state index in [1.807, 2.05) is 19.4 Å². The molecule has 0 aliphatic carbocycles. The van der Waals surface area contributed by atoms with Crippen LogP contribution in [0, 0.1) is 0 Å². The predicted octanol–water partition coefficient (Wildman–Crippen LogP) is 1.20. The van der Waals surface area contributed by atoms with Crippen LogP contribution in [0.25, 0.3) is 11.3 Å². The van der Waals surface area contributed by atoms with Crippen molar-refractivity contribution < 1.29 is 4.74 Å². The van der Waals surface area contributed by atoms with Crippen LogP contribution < -0.4 is 5.32 Å². The first kappa shape index (κ1) is 10.9. The van der Waals surface area contributed by atoms with Gasteiger partial charge in [0.25, 0.3) is 0 Å². The van der Waals surface area contributed by atoms with Gasteiger partial charge < -0.3 is 10.1 Å². The Labute approximate surface area is 103 Å². The first-order valence-electron chi connectivity index (χ1n) is 5.60. The minimum Gasteiger partial charge on any atom is -0.368 e. The Balaban J connectivity index is 1.82. The van der Waals surface area contributed by atoms with Crippen molar-refractivity contribution in [2.45, 2.75) is 6.10 Å². The van der Waals surface area contributed by atoms with Crippen molar-refractivity contribution in [3.05, 3.63) is 22.8 Å². The Bertz CT molecular complexity index is 501. The lowest BCUT2D eigenvalue weighted by atomic mass is 10.3. The van der Waals surface area contributed by atoms with E-state index in [4.69, 9.17) is 4.74 Å². The van der Waals surface area contributed by atoms with Gasteiger partial charge in [0, 0.05) is 37.3 Å². The maximum atomic E-state index is 5.68. The molecule has 0 amide bonds. The average Bonchev–Trinajstić information content (AvgIpc) is 2.98. The molecule has 2 aromatic heterocycles. The molecule has 0 spiro atoms. The fourth-order valence-electron chi connectivity index (χ4n) is 1.85. The van der Waals surface area contributed by atoms with Crippen LogP contribution in [-0.4, -0.2) is 34.5 Å². The standard InChI is InChI=1S/C11H14N4OS/c1-15-6-8(4-13-15)9-7-17-11(14-9)10-5-12-2-3-16-10/h4,6-7,10,12H,2-3,5H2,1H3. The monoisotopic (exact) mass is 250 g/mol. The molecule has 0 aromatic carbocycles. The number of nitrogens with zero attached hydrogens (tertiary/aromatic N) is 3. The molecule has 3 rings (SSSR count). The lowest BCUT2D eigenvalue weighted by Gasteiger charge is -2.21. The molecule has 3 heterocycles. The van der Waals surface area contributed by atoms with Crippen molar-refractivity contribution in [2.75, 3.05) is 19.7 Å². The van der Waals surface area contributed by atoms with Crippen LogP contribution in [0.3, 0.4) is 0 Å². The summed E-state index contributed by atoms with van der Waals surface area (Å²) in [5.74, 6) is 0. The summed E-state index contributed by atoms with van der Waals surface area (Å²) in [6.07, 6.45) is 3.90. The molecule has 5 nitrogen and oxygen atoms in total. The van der Waals surface area contributed by atoms with Crippen LogP contribution in [0.2, 0.25) is 0 Å². The molecule has 1 aliphatic rings. The number of aromatic nitrogens is 3. The molecule has 6 heteroatoms. The van der Waals surface area contributed by atoms with Gasteiger partial charge in [-0.15, -0.1) is 11.3 Å². The van der Waals surface area contributed by atoms with Crippen molar-refractivity contribution in [1.82, 2.24) is 20.1 Å². The van der Waals surface area contributed by atoms with Gasteiger partial charge in [-0.1, -0.05) is 0 Å². The fourth-order valence-corrected chi connectivity index (χ4v) is 2.72. The summed E-state index contributed by atoms with van der Waals surface area (Å²) >= 11 is 1.65. The van der Waals surface area contributed by atoms with Crippen LogP contribution in [0.4, 0.5) is 0 Å². The molecule has 1 aliphatic heterocycles. The lowest BCUT2D eigenvalue weighted by Crippen LogP contribution is -2.33. The Morgan fingerprint density at radius 1 is 1.59 bits per heavy atom. The van der Waals surface area contributed by atoms with Crippen molar-refractivity contribution in [2.24, 2.45) is 7.05 Å². The molecule has 1 saturated heterocycles. The van der Waals surface area contributed by atoms with Crippen LogP contribution in [0.1, 0.15) is 11.1 Å². The van der Waals surface area contributed by atoms with E-state index < -0.39 is 0 Å². The number of morpholine rings is 1. The quantitative estimate of drug-likeness (QED) is 0.870. The Hall–Kier alpha value is -1.24. The summed E-state index contributed by atoms with van der Waals surface area (Å²) in [6.45, 7) is 2.53. The minimum absolute atomic E-state index is 0.0965. The molecule has 0 radical (unpaired) electrons. The SMILES string of the molecule is Cn1cc(-c2csc(C3CNCCO3)n2)cn1. The third kappa shape index (κ3) is 2.24. The molecule has 1 unspecified atom stereocenters. The zero-order valence-corrected chi connectivity index (χ0v) is 10.4. The van der Waals surface area contributed by atoms with Gasteiger partial charge >= 0.3 is 0 Å². The second-order valence-electron chi connectivity index (χ2n) is 4.04. The number of aryl methyl sites for hydroxylation is 1. The van der Waals surface area contributed by atoms with Crippen molar-refractivity contribution in [3.63, 3.8) is 0 Å². The highest BCUT2D eigenvalue weighted by Crippen LogP contribution is 2.27. The molecule has 90 valence electrons. The van der Waals surface area contributed by atoms with Gasteiger partial charge in [-0.3, -0.25) is 4.68 Å². The number of rotatable bonds is 2. The van der Waals surface area contributed by atoms with E-state index in [0.29, 0.717) is 0 Å². The van der Waals surface area contributed by atoms with Crippen LogP contribution in [0.5, 0.6) is 0 Å². The third-order valence-electron chi connectivity index (χ3n) is 2.73. The molecule has 0 bridgehead atoms. The zero-order chi connectivity index (χ0) is 11.7. The van der Waals surface area contributed by atoms with Crippen LogP contribution in [-0.2, 0) is 11.8 Å². The molecular formula is C11H14N4OS. The Kier molecular flexibility index (Phi) is 2.92. The average molecular weight is 250 g/mol. The molecule has 0 saturated carbocycles. The molecule has 17 heavy (non-hydrogen) atoms. The first-order valence-corrected chi connectivity index (χ1v) is 6.47. The van der Waals surface area contributed by atoms with E-state index >= 15 is 0 Å². The van der Waals surface area contributed by atoms with Gasteiger partial charge in [0.2, 0.25) is 0 Å². The maximum absolute atomic E-state index is 5.68. The highest BCUT2D eigenvalue weighted by atomic mass is 32.1. The smallest absolute Gasteiger partial charge is 0.124 e. The molecule has 1 N–H and O–H groups in total. The summed E-state index contributed by atoms with van der Waals surface area (Å²) in [6, 6.07) is 0. The van der Waals surface area contributed by atoms with Gasteiger partial charge in [0.05, 0.1) is 18.5 Å². The topological polar surface area (TPSA) is 52.0 Å². The van der Waals surface area contributed by atoms with Gasteiger partial charge in [-0.05, 0) is 0 Å². The van der Waals surface area contributed by atoms with E-state index in [-0.39, 0.29) is 6.10 Å². The van der Waals surface area contributed by atoms with E-state index in [1.165, 1.54) is 0 Å². The summed E-state index contributed by atoms with van der Waals surface area (Å²) in [7, 11) is 1.91. The second kappa shape index (κ2) is 4.56. The van der Waals surface area contributed by atoms with Gasteiger partial charge in [0.15, 0.2) is 0 Å². The number of ether oxygens (including phenoxy) is 1.